The summed E-state index contributed by atoms with van der Waals surface area (Å²) in [6, 6.07) is 0. The maximum atomic E-state index is 12.2. The summed E-state index contributed by atoms with van der Waals surface area (Å²) in [7, 11) is 0. The molecule has 54 heavy (non-hydrogen) atoms. The minimum Gasteiger partial charge on any atom is -0.462 e. The zero-order valence-corrected chi connectivity index (χ0v) is 35.7. The van der Waals surface area contributed by atoms with Gasteiger partial charge in [0.1, 0.15) is 6.61 Å². The van der Waals surface area contributed by atoms with E-state index in [2.05, 4.69) is 62.5 Å². The van der Waals surface area contributed by atoms with Gasteiger partial charge in [0.2, 0.25) is 0 Å². The predicted molar refractivity (Wildman–Crippen MR) is 233 cm³/mol. The first-order valence-corrected chi connectivity index (χ1v) is 23.2. The number of rotatable bonds is 42. The molecule has 1 atom stereocenters. The molecule has 0 amide bonds. The molecule has 0 unspecified atom stereocenters. The lowest BCUT2D eigenvalue weighted by atomic mass is 10.0. The molecular weight excluding hydrogens is 669 g/mol. The van der Waals surface area contributed by atoms with E-state index in [9.17, 15) is 14.7 Å². The molecule has 0 rings (SSSR count). The van der Waals surface area contributed by atoms with Gasteiger partial charge in [-0.05, 0) is 57.8 Å². The third kappa shape index (κ3) is 42.6. The normalized spacial score (nSPS) is 12.6. The Balaban J connectivity index is 3.56. The van der Waals surface area contributed by atoms with Crippen LogP contribution in [0.1, 0.15) is 232 Å². The Labute approximate surface area is 335 Å². The summed E-state index contributed by atoms with van der Waals surface area (Å²) in [6.45, 7) is 4.10. The van der Waals surface area contributed by atoms with Gasteiger partial charge in [0.05, 0.1) is 6.61 Å². The molecule has 0 aromatic carbocycles. The summed E-state index contributed by atoms with van der Waals surface area (Å²) in [6.07, 6.45) is 57.6. The molecule has 0 aromatic heterocycles. The van der Waals surface area contributed by atoms with Crippen LogP contribution in [0.25, 0.3) is 0 Å². The fourth-order valence-electron chi connectivity index (χ4n) is 6.60. The average Bonchev–Trinajstić information content (AvgIpc) is 3.17. The summed E-state index contributed by atoms with van der Waals surface area (Å²) >= 11 is 0. The highest BCUT2D eigenvalue weighted by Gasteiger charge is 2.16. The Morgan fingerprint density at radius 3 is 1.15 bits per heavy atom. The molecular formula is C49H88O5. The number of carbonyl (C=O) groups is 2. The van der Waals surface area contributed by atoms with Crippen molar-refractivity contribution < 1.29 is 24.2 Å². The second-order valence-corrected chi connectivity index (χ2v) is 15.5. The summed E-state index contributed by atoms with van der Waals surface area (Å²) in [5.74, 6) is -0.619. The van der Waals surface area contributed by atoms with Gasteiger partial charge in [-0.25, -0.2) is 0 Å². The number of aliphatic hydroxyl groups is 1. The molecule has 0 saturated heterocycles. The molecule has 5 nitrogen and oxygen atoms in total. The summed E-state index contributed by atoms with van der Waals surface area (Å²) < 4.78 is 10.6. The van der Waals surface area contributed by atoms with Crippen molar-refractivity contribution in [2.24, 2.45) is 0 Å². The summed E-state index contributed by atoms with van der Waals surface area (Å²) in [5.41, 5.74) is 0. The number of carbonyl (C=O) groups excluding carboxylic acids is 2. The van der Waals surface area contributed by atoms with Crippen LogP contribution < -0.4 is 0 Å². The fraction of sp³-hybridized carbons (Fsp3) is 0.796. The van der Waals surface area contributed by atoms with E-state index in [1.165, 1.54) is 141 Å². The van der Waals surface area contributed by atoms with Crippen molar-refractivity contribution in [3.8, 4) is 0 Å². The highest BCUT2D eigenvalue weighted by Crippen LogP contribution is 2.16. The number of aliphatic hydroxyl groups excluding tert-OH is 1. The molecule has 0 spiro atoms. The van der Waals surface area contributed by atoms with Crippen molar-refractivity contribution in [1.29, 1.82) is 0 Å². The van der Waals surface area contributed by atoms with E-state index >= 15 is 0 Å². The first-order chi connectivity index (χ1) is 26.6. The van der Waals surface area contributed by atoms with E-state index in [0.717, 1.165) is 64.2 Å². The third-order valence-electron chi connectivity index (χ3n) is 10.1. The Hall–Kier alpha value is -2.14. The fourth-order valence-corrected chi connectivity index (χ4v) is 6.60. The van der Waals surface area contributed by atoms with Gasteiger partial charge in [-0.1, -0.05) is 210 Å². The number of allylic oxidation sites excluding steroid dienone is 8. The van der Waals surface area contributed by atoms with Crippen molar-refractivity contribution in [3.63, 3.8) is 0 Å². The average molecular weight is 757 g/mol. The SMILES string of the molecule is CCCCC/C=C\C/C=C\C/C=C\C/C=C\CCCCCC(=O)O[C@@H](CO)COC(=O)CCCCCCCCCCCCCCCCCCCCCCC. The van der Waals surface area contributed by atoms with Crippen LogP contribution >= 0.6 is 0 Å². The van der Waals surface area contributed by atoms with E-state index < -0.39 is 6.10 Å². The van der Waals surface area contributed by atoms with Gasteiger partial charge in [0, 0.05) is 12.8 Å². The van der Waals surface area contributed by atoms with Crippen LogP contribution in [0.15, 0.2) is 48.6 Å². The molecule has 0 fully saturated rings. The van der Waals surface area contributed by atoms with Gasteiger partial charge in [0.25, 0.3) is 0 Å². The van der Waals surface area contributed by atoms with Crippen LogP contribution in [-0.4, -0.2) is 36.4 Å². The van der Waals surface area contributed by atoms with Gasteiger partial charge in [-0.3, -0.25) is 9.59 Å². The van der Waals surface area contributed by atoms with E-state index in [0.29, 0.717) is 12.8 Å². The molecule has 314 valence electrons. The van der Waals surface area contributed by atoms with Crippen molar-refractivity contribution >= 4 is 11.9 Å². The van der Waals surface area contributed by atoms with Crippen molar-refractivity contribution in [1.82, 2.24) is 0 Å². The van der Waals surface area contributed by atoms with Crippen molar-refractivity contribution in [3.05, 3.63) is 48.6 Å². The lowest BCUT2D eigenvalue weighted by Gasteiger charge is -2.15. The van der Waals surface area contributed by atoms with Crippen LogP contribution in [0, 0.1) is 0 Å². The number of esters is 2. The number of ether oxygens (including phenoxy) is 2. The first kappa shape index (κ1) is 51.9. The highest BCUT2D eigenvalue weighted by atomic mass is 16.6. The lowest BCUT2D eigenvalue weighted by molar-refractivity contribution is -0.161. The van der Waals surface area contributed by atoms with Crippen LogP contribution in [0.2, 0.25) is 0 Å². The third-order valence-corrected chi connectivity index (χ3v) is 10.1. The highest BCUT2D eigenvalue weighted by molar-refractivity contribution is 5.70. The Morgan fingerprint density at radius 1 is 0.426 bits per heavy atom. The molecule has 0 bridgehead atoms. The molecule has 0 heterocycles. The topological polar surface area (TPSA) is 72.8 Å². The maximum absolute atomic E-state index is 12.2. The van der Waals surface area contributed by atoms with Gasteiger partial charge >= 0.3 is 11.9 Å². The Morgan fingerprint density at radius 2 is 0.741 bits per heavy atom. The monoisotopic (exact) mass is 757 g/mol. The van der Waals surface area contributed by atoms with Crippen LogP contribution in [0.5, 0.6) is 0 Å². The molecule has 5 heteroatoms. The molecule has 0 aliphatic heterocycles. The zero-order valence-electron chi connectivity index (χ0n) is 35.7. The molecule has 0 radical (unpaired) electrons. The largest absolute Gasteiger partial charge is 0.462 e. The molecule has 1 N–H and O–H groups in total. The van der Waals surface area contributed by atoms with Gasteiger partial charge in [0.15, 0.2) is 6.10 Å². The Bertz CT molecular complexity index is 904. The van der Waals surface area contributed by atoms with Crippen LogP contribution in [-0.2, 0) is 19.1 Å². The second kappa shape index (κ2) is 45.3. The smallest absolute Gasteiger partial charge is 0.306 e. The number of unbranched alkanes of at least 4 members (excludes halogenated alkanes) is 26. The summed E-state index contributed by atoms with van der Waals surface area (Å²) in [4.78, 5) is 24.4. The quantitative estimate of drug-likeness (QED) is 0.0381. The summed E-state index contributed by atoms with van der Waals surface area (Å²) in [5, 5.41) is 9.59. The minimum absolute atomic E-state index is 0.0770. The number of hydrogen-bond acceptors (Lipinski definition) is 5. The number of hydrogen-bond donors (Lipinski definition) is 1. The second-order valence-electron chi connectivity index (χ2n) is 15.5. The van der Waals surface area contributed by atoms with Crippen molar-refractivity contribution in [2.45, 2.75) is 238 Å². The van der Waals surface area contributed by atoms with Gasteiger partial charge in [-0.2, -0.15) is 0 Å². The molecule has 0 aliphatic carbocycles. The van der Waals surface area contributed by atoms with E-state index in [4.69, 9.17) is 9.47 Å². The molecule has 0 saturated carbocycles. The minimum atomic E-state index is -0.787. The first-order valence-electron chi connectivity index (χ1n) is 23.2. The van der Waals surface area contributed by atoms with Gasteiger partial charge in [-0.15, -0.1) is 0 Å². The van der Waals surface area contributed by atoms with E-state index in [1.54, 1.807) is 0 Å². The van der Waals surface area contributed by atoms with Crippen molar-refractivity contribution in [2.75, 3.05) is 13.2 Å². The molecule has 0 aromatic rings. The zero-order chi connectivity index (χ0) is 39.3. The lowest BCUT2D eigenvalue weighted by Crippen LogP contribution is -2.28. The van der Waals surface area contributed by atoms with Crippen LogP contribution in [0.3, 0.4) is 0 Å². The Kier molecular flexibility index (Phi) is 43.5. The van der Waals surface area contributed by atoms with E-state index in [-0.39, 0.29) is 25.2 Å². The van der Waals surface area contributed by atoms with Gasteiger partial charge < -0.3 is 14.6 Å². The standard InChI is InChI=1S/C49H88O5/c1-3-5-7-9-11-13-15-17-19-21-23-24-26-27-29-31-33-35-37-39-41-43-48(51)53-46-47(45-50)54-49(52)44-42-40-38-36-34-32-30-28-25-22-20-18-16-14-12-10-8-6-4-2/h12,14,18,20,25,28,32,34,47,50H,3-11,13,15-17,19,21-24,26-27,29-31,33,35-46H2,1-2H3/b14-12-,20-18-,28-25-,34-32-/t47-/m0/s1. The predicted octanol–water partition coefficient (Wildman–Crippen LogP) is 15.0. The maximum Gasteiger partial charge on any atom is 0.306 e. The van der Waals surface area contributed by atoms with Crippen LogP contribution in [0.4, 0.5) is 0 Å². The van der Waals surface area contributed by atoms with E-state index in [1.807, 2.05) is 0 Å². The molecule has 0 aliphatic rings.